The molecule has 0 spiro atoms. The molecule has 1 N–H and O–H groups in total. The number of hydrogen-bond donors (Lipinski definition) is 1. The summed E-state index contributed by atoms with van der Waals surface area (Å²) in [5.74, 6) is 0.640. The maximum Gasteiger partial charge on any atom is 0.262 e. The molecule has 3 rings (SSSR count). The fourth-order valence-electron chi connectivity index (χ4n) is 3.18. The summed E-state index contributed by atoms with van der Waals surface area (Å²) in [6, 6.07) is 13.3. The quantitative estimate of drug-likeness (QED) is 0.892. The van der Waals surface area contributed by atoms with Gasteiger partial charge < -0.3 is 15.0 Å². The Kier molecular flexibility index (Phi) is 5.56. The third kappa shape index (κ3) is 4.04. The number of benzene rings is 2. The van der Waals surface area contributed by atoms with E-state index in [0.29, 0.717) is 12.2 Å². The molecular formula is C21H24N2O3. The number of carbonyl (C=O) groups excluding carboxylic acids is 2. The molecule has 0 saturated heterocycles. The fourth-order valence-corrected chi connectivity index (χ4v) is 3.18. The van der Waals surface area contributed by atoms with Crippen LogP contribution in [0.15, 0.2) is 42.5 Å². The van der Waals surface area contributed by atoms with Crippen LogP contribution in [0.25, 0.3) is 0 Å². The molecule has 1 heterocycles. The summed E-state index contributed by atoms with van der Waals surface area (Å²) in [6.07, 6.45) is 2.34. The van der Waals surface area contributed by atoms with E-state index in [-0.39, 0.29) is 18.4 Å². The van der Waals surface area contributed by atoms with E-state index in [1.54, 1.807) is 0 Å². The molecule has 1 aliphatic heterocycles. The van der Waals surface area contributed by atoms with Crippen LogP contribution in [-0.4, -0.2) is 25.0 Å². The third-order valence-electron chi connectivity index (χ3n) is 4.54. The number of ether oxygens (including phenoxy) is 1. The van der Waals surface area contributed by atoms with Gasteiger partial charge in [-0.2, -0.15) is 0 Å². The standard InChI is InChI=1S/C21H24N2O3/c1-3-21(25)23-12-6-8-16-13-17(10-11-18(16)23)22-20(24)14-26-19-9-5-4-7-15(19)2/h4-5,7,9-11,13H,3,6,8,12,14H2,1-2H3,(H,22,24). The Morgan fingerprint density at radius 1 is 1.19 bits per heavy atom. The molecule has 0 aliphatic carbocycles. The van der Waals surface area contributed by atoms with Gasteiger partial charge in [-0.3, -0.25) is 9.59 Å². The number of para-hydroxylation sites is 1. The minimum absolute atomic E-state index is 0.0393. The second-order valence-electron chi connectivity index (χ2n) is 6.45. The van der Waals surface area contributed by atoms with Crippen LogP contribution >= 0.6 is 0 Å². The first-order valence-electron chi connectivity index (χ1n) is 9.00. The normalized spacial score (nSPS) is 13.1. The number of nitrogens with one attached hydrogen (secondary N) is 1. The summed E-state index contributed by atoms with van der Waals surface area (Å²) in [7, 11) is 0. The number of anilines is 2. The Morgan fingerprint density at radius 2 is 2.00 bits per heavy atom. The van der Waals surface area contributed by atoms with Gasteiger partial charge in [0.2, 0.25) is 5.91 Å². The molecule has 0 saturated carbocycles. The molecular weight excluding hydrogens is 328 g/mol. The molecule has 0 fully saturated rings. The van der Waals surface area contributed by atoms with E-state index in [1.807, 2.05) is 61.2 Å². The highest BCUT2D eigenvalue weighted by molar-refractivity contribution is 5.96. The summed E-state index contributed by atoms with van der Waals surface area (Å²) in [5.41, 5.74) is 3.77. The number of hydrogen-bond acceptors (Lipinski definition) is 3. The van der Waals surface area contributed by atoms with Gasteiger partial charge in [0.15, 0.2) is 6.61 Å². The van der Waals surface area contributed by atoms with E-state index < -0.39 is 0 Å². The van der Waals surface area contributed by atoms with Crippen LogP contribution in [0.3, 0.4) is 0 Å². The molecule has 5 nitrogen and oxygen atoms in total. The van der Waals surface area contributed by atoms with Crippen molar-refractivity contribution in [3.63, 3.8) is 0 Å². The van der Waals surface area contributed by atoms with E-state index >= 15 is 0 Å². The van der Waals surface area contributed by atoms with E-state index in [0.717, 1.165) is 41.9 Å². The topological polar surface area (TPSA) is 58.6 Å². The van der Waals surface area contributed by atoms with E-state index in [1.165, 1.54) is 0 Å². The summed E-state index contributed by atoms with van der Waals surface area (Å²) < 4.78 is 5.58. The Hall–Kier alpha value is -2.82. The lowest BCUT2D eigenvalue weighted by Gasteiger charge is -2.29. The Labute approximate surface area is 154 Å². The van der Waals surface area contributed by atoms with Crippen molar-refractivity contribution in [2.24, 2.45) is 0 Å². The molecule has 0 aromatic heterocycles. The van der Waals surface area contributed by atoms with Crippen molar-refractivity contribution in [3.8, 4) is 5.75 Å². The van der Waals surface area contributed by atoms with Crippen LogP contribution in [-0.2, 0) is 16.0 Å². The zero-order valence-electron chi connectivity index (χ0n) is 15.2. The highest BCUT2D eigenvalue weighted by Crippen LogP contribution is 2.30. The van der Waals surface area contributed by atoms with Gasteiger partial charge in [0.25, 0.3) is 5.91 Å². The first-order chi connectivity index (χ1) is 12.6. The van der Waals surface area contributed by atoms with Crippen molar-refractivity contribution in [3.05, 3.63) is 53.6 Å². The first-order valence-corrected chi connectivity index (χ1v) is 9.00. The van der Waals surface area contributed by atoms with Gasteiger partial charge in [-0.1, -0.05) is 25.1 Å². The average molecular weight is 352 g/mol. The van der Waals surface area contributed by atoms with Crippen molar-refractivity contribution >= 4 is 23.2 Å². The first kappa shape index (κ1) is 18.0. The molecule has 1 aliphatic rings. The average Bonchev–Trinajstić information content (AvgIpc) is 2.66. The lowest BCUT2D eigenvalue weighted by molar-refractivity contribution is -0.119. The van der Waals surface area contributed by atoms with E-state index in [4.69, 9.17) is 4.74 Å². The van der Waals surface area contributed by atoms with Gasteiger partial charge in [0.1, 0.15) is 5.75 Å². The third-order valence-corrected chi connectivity index (χ3v) is 4.54. The maximum absolute atomic E-state index is 12.2. The highest BCUT2D eigenvalue weighted by atomic mass is 16.5. The van der Waals surface area contributed by atoms with Crippen molar-refractivity contribution in [1.29, 1.82) is 0 Å². The number of nitrogens with zero attached hydrogens (tertiary/aromatic N) is 1. The van der Waals surface area contributed by atoms with Crippen LogP contribution in [0.4, 0.5) is 11.4 Å². The van der Waals surface area contributed by atoms with Crippen LogP contribution < -0.4 is 15.0 Å². The van der Waals surface area contributed by atoms with Gasteiger partial charge >= 0.3 is 0 Å². The van der Waals surface area contributed by atoms with Gasteiger partial charge in [-0.05, 0) is 55.2 Å². The summed E-state index contributed by atoms with van der Waals surface area (Å²) in [5, 5.41) is 2.87. The molecule has 0 radical (unpaired) electrons. The Balaban J connectivity index is 1.64. The summed E-state index contributed by atoms with van der Waals surface area (Å²) in [6.45, 7) is 4.54. The lowest BCUT2D eigenvalue weighted by Crippen LogP contribution is -2.34. The predicted molar refractivity (Wildman–Crippen MR) is 103 cm³/mol. The predicted octanol–water partition coefficient (Wildman–Crippen LogP) is 3.70. The van der Waals surface area contributed by atoms with Crippen molar-refractivity contribution in [2.75, 3.05) is 23.4 Å². The molecule has 0 atom stereocenters. The van der Waals surface area contributed by atoms with Crippen molar-refractivity contribution in [2.45, 2.75) is 33.1 Å². The smallest absolute Gasteiger partial charge is 0.262 e. The minimum atomic E-state index is -0.203. The van der Waals surface area contributed by atoms with E-state index in [2.05, 4.69) is 5.32 Å². The zero-order valence-corrected chi connectivity index (χ0v) is 15.2. The molecule has 0 unspecified atom stereocenters. The molecule has 2 aromatic rings. The minimum Gasteiger partial charge on any atom is -0.483 e. The molecule has 2 aromatic carbocycles. The number of carbonyl (C=O) groups is 2. The second kappa shape index (κ2) is 8.04. The van der Waals surface area contributed by atoms with Crippen molar-refractivity contribution < 1.29 is 14.3 Å². The van der Waals surface area contributed by atoms with Crippen LogP contribution in [0.5, 0.6) is 5.75 Å². The maximum atomic E-state index is 12.2. The second-order valence-corrected chi connectivity index (χ2v) is 6.45. The molecule has 2 amide bonds. The molecule has 26 heavy (non-hydrogen) atoms. The van der Waals surface area contributed by atoms with Gasteiger partial charge in [-0.15, -0.1) is 0 Å². The number of fused-ring (bicyclic) bond motifs is 1. The van der Waals surface area contributed by atoms with E-state index in [9.17, 15) is 9.59 Å². The lowest BCUT2D eigenvalue weighted by atomic mass is 10.0. The van der Waals surface area contributed by atoms with Gasteiger partial charge in [-0.25, -0.2) is 0 Å². The SMILES string of the molecule is CCC(=O)N1CCCc2cc(NC(=O)COc3ccccc3C)ccc21. The summed E-state index contributed by atoms with van der Waals surface area (Å²) >= 11 is 0. The molecule has 0 bridgehead atoms. The molecule has 5 heteroatoms. The molecule has 136 valence electrons. The highest BCUT2D eigenvalue weighted by Gasteiger charge is 2.21. The van der Waals surface area contributed by atoms with Crippen LogP contribution in [0, 0.1) is 6.92 Å². The Bertz CT molecular complexity index is 817. The summed E-state index contributed by atoms with van der Waals surface area (Å²) in [4.78, 5) is 26.1. The fraction of sp³-hybridized carbons (Fsp3) is 0.333. The van der Waals surface area contributed by atoms with Gasteiger partial charge in [0, 0.05) is 24.3 Å². The Morgan fingerprint density at radius 3 is 2.77 bits per heavy atom. The largest absolute Gasteiger partial charge is 0.483 e. The van der Waals surface area contributed by atoms with Crippen molar-refractivity contribution in [1.82, 2.24) is 0 Å². The van der Waals surface area contributed by atoms with Crippen LogP contribution in [0.2, 0.25) is 0 Å². The van der Waals surface area contributed by atoms with Crippen LogP contribution in [0.1, 0.15) is 30.9 Å². The number of rotatable bonds is 5. The number of amides is 2. The monoisotopic (exact) mass is 352 g/mol. The number of aryl methyl sites for hydroxylation is 2. The zero-order chi connectivity index (χ0) is 18.5. The van der Waals surface area contributed by atoms with Gasteiger partial charge in [0.05, 0.1) is 0 Å².